The second-order valence-electron chi connectivity index (χ2n) is 19.2. The van der Waals surface area contributed by atoms with E-state index in [0.717, 1.165) is 0 Å². The SMILES string of the molecule is O=C(CCCC(=O)Nc1ccc(-c2nnc(-c3ccccn3)nn2)nc1)NCCN(CCNC(=O)CCCC(=O)Nc1ccc(-c2nnc(-c3ccccn3)nn2)nc1)CCNC(=O)CCCC(=O)Nc1ccc(-c2nnc(-c3ccccn3)nn2)nc1. The number of hydrogen-bond acceptors (Lipinski definition) is 25. The minimum atomic E-state index is -0.303. The number of hydrogen-bond donors (Lipinski definition) is 6. The summed E-state index contributed by atoms with van der Waals surface area (Å²) < 4.78 is 0. The summed E-state index contributed by atoms with van der Waals surface area (Å²) in [6, 6.07) is 25.8. The van der Waals surface area contributed by atoms with Crippen LogP contribution >= 0.6 is 0 Å². The summed E-state index contributed by atoms with van der Waals surface area (Å²) in [5.41, 5.74) is 4.12. The third-order valence-electron chi connectivity index (χ3n) is 12.6. The van der Waals surface area contributed by atoms with Crippen molar-refractivity contribution in [1.29, 1.82) is 0 Å². The van der Waals surface area contributed by atoms with Crippen molar-refractivity contribution in [3.8, 4) is 69.1 Å². The number of amides is 6. The molecule has 9 rings (SSSR count). The number of rotatable bonds is 30. The molecule has 6 N–H and O–H groups in total. The van der Waals surface area contributed by atoms with Crippen molar-refractivity contribution in [1.82, 2.24) is 112 Å². The smallest absolute Gasteiger partial charge is 0.224 e. The highest BCUT2D eigenvalue weighted by atomic mass is 16.2. The first-order chi connectivity index (χ1) is 43.1. The van der Waals surface area contributed by atoms with Crippen LogP contribution in [0.5, 0.6) is 0 Å². The fourth-order valence-electron chi connectivity index (χ4n) is 8.15. The number of nitrogens with one attached hydrogen (secondary N) is 6. The first kappa shape index (κ1) is 61.1. The maximum atomic E-state index is 12.9. The molecule has 0 fully saturated rings. The molecule has 31 nitrogen and oxygen atoms in total. The largest absolute Gasteiger partial charge is 0.355 e. The molecule has 31 heteroatoms. The van der Waals surface area contributed by atoms with Gasteiger partial charge in [0.15, 0.2) is 0 Å². The number of carbonyl (C=O) groups excluding carboxylic acids is 6. The van der Waals surface area contributed by atoms with E-state index in [2.05, 4.69) is 123 Å². The number of anilines is 3. The lowest BCUT2D eigenvalue weighted by Gasteiger charge is -2.23. The van der Waals surface area contributed by atoms with Crippen LogP contribution in [0, 0.1) is 0 Å². The van der Waals surface area contributed by atoms with Gasteiger partial charge in [0, 0.05) is 96.4 Å². The summed E-state index contributed by atoms with van der Waals surface area (Å²) in [7, 11) is 0. The highest BCUT2D eigenvalue weighted by Gasteiger charge is 2.16. The molecule has 0 aliphatic carbocycles. The Hall–Kier alpha value is -11.5. The molecule has 0 bridgehead atoms. The van der Waals surface area contributed by atoms with E-state index >= 15 is 0 Å². The lowest BCUT2D eigenvalue weighted by molar-refractivity contribution is -0.122. The predicted octanol–water partition coefficient (Wildman–Crippen LogP) is 3.18. The van der Waals surface area contributed by atoms with E-state index in [1.807, 2.05) is 4.90 Å². The van der Waals surface area contributed by atoms with Crippen LogP contribution in [-0.4, -0.2) is 171 Å². The van der Waals surface area contributed by atoms with Gasteiger partial charge in [0.1, 0.15) is 34.2 Å². The van der Waals surface area contributed by atoms with Gasteiger partial charge in [-0.3, -0.25) is 63.6 Å². The fraction of sp³-hybridized carbons (Fsp3) is 0.263. The van der Waals surface area contributed by atoms with Gasteiger partial charge in [0.05, 0.1) is 35.7 Å². The highest BCUT2D eigenvalue weighted by molar-refractivity contribution is 5.92. The monoisotopic (exact) mass is 1190 g/mol. The van der Waals surface area contributed by atoms with Gasteiger partial charge in [0.25, 0.3) is 0 Å². The van der Waals surface area contributed by atoms with Gasteiger partial charge in [-0.1, -0.05) is 18.2 Å². The van der Waals surface area contributed by atoms with Gasteiger partial charge >= 0.3 is 0 Å². The molecule has 6 amide bonds. The van der Waals surface area contributed by atoms with Crippen LogP contribution in [0.4, 0.5) is 17.1 Å². The molecule has 0 aromatic carbocycles. The first-order valence-corrected chi connectivity index (χ1v) is 27.8. The summed E-state index contributed by atoms with van der Waals surface area (Å²) in [6.07, 6.45) is 10.6. The van der Waals surface area contributed by atoms with E-state index in [0.29, 0.717) is 70.9 Å². The Morgan fingerprint density at radius 2 is 0.545 bits per heavy atom. The van der Waals surface area contributed by atoms with E-state index in [-0.39, 0.29) is 148 Å². The molecule has 0 aliphatic heterocycles. The second kappa shape index (κ2) is 32.0. The zero-order chi connectivity index (χ0) is 61.1. The van der Waals surface area contributed by atoms with Crippen molar-refractivity contribution >= 4 is 52.5 Å². The summed E-state index contributed by atoms with van der Waals surface area (Å²) >= 11 is 0. The van der Waals surface area contributed by atoms with E-state index in [1.165, 1.54) is 18.6 Å². The molecule has 9 heterocycles. The van der Waals surface area contributed by atoms with Crippen LogP contribution in [0.25, 0.3) is 69.1 Å². The molecule has 0 spiro atoms. The third kappa shape index (κ3) is 19.3. The van der Waals surface area contributed by atoms with Crippen LogP contribution in [0.1, 0.15) is 57.8 Å². The molecule has 0 atom stereocenters. The Morgan fingerprint density at radius 1 is 0.295 bits per heavy atom. The van der Waals surface area contributed by atoms with Crippen molar-refractivity contribution in [2.75, 3.05) is 55.2 Å². The van der Waals surface area contributed by atoms with E-state index in [9.17, 15) is 28.8 Å². The average molecular weight is 1190 g/mol. The van der Waals surface area contributed by atoms with Crippen molar-refractivity contribution in [3.63, 3.8) is 0 Å². The molecule has 446 valence electrons. The predicted molar refractivity (Wildman–Crippen MR) is 315 cm³/mol. The highest BCUT2D eigenvalue weighted by Crippen LogP contribution is 2.19. The van der Waals surface area contributed by atoms with Crippen LogP contribution in [-0.2, 0) is 28.8 Å². The normalized spacial score (nSPS) is 10.9. The first-order valence-electron chi connectivity index (χ1n) is 27.8. The van der Waals surface area contributed by atoms with Crippen molar-refractivity contribution in [2.45, 2.75) is 57.8 Å². The molecule has 9 aromatic heterocycles. The summed E-state index contributed by atoms with van der Waals surface area (Å²) in [5.74, 6) is -0.277. The third-order valence-corrected chi connectivity index (χ3v) is 12.6. The Balaban J connectivity index is 0.676. The van der Waals surface area contributed by atoms with Gasteiger partial charge < -0.3 is 31.9 Å². The van der Waals surface area contributed by atoms with E-state index < -0.39 is 0 Å². The zero-order valence-electron chi connectivity index (χ0n) is 47.2. The molecule has 9 aromatic rings. The summed E-state index contributed by atoms with van der Waals surface area (Å²) in [6.45, 7) is 1.85. The Morgan fingerprint density at radius 3 is 0.773 bits per heavy atom. The van der Waals surface area contributed by atoms with Gasteiger partial charge in [0.2, 0.25) is 70.4 Å². The van der Waals surface area contributed by atoms with Crippen molar-refractivity contribution < 1.29 is 28.8 Å². The van der Waals surface area contributed by atoms with E-state index in [1.54, 1.807) is 110 Å². The molecular weight excluding hydrogens is 1130 g/mol. The number of nitrogens with zero attached hydrogens (tertiary/aromatic N) is 19. The number of pyridine rings is 6. The zero-order valence-corrected chi connectivity index (χ0v) is 47.2. The Bertz CT molecular complexity index is 3320. The quantitative estimate of drug-likeness (QED) is 0.0376. The molecular formula is C57H57N25O6. The van der Waals surface area contributed by atoms with Gasteiger partial charge in [-0.05, 0) is 92.1 Å². The molecule has 0 radical (unpaired) electrons. The van der Waals surface area contributed by atoms with Crippen LogP contribution in [0.15, 0.2) is 128 Å². The summed E-state index contributed by atoms with van der Waals surface area (Å²) in [5, 5.41) is 66.0. The Labute approximate surface area is 501 Å². The topological polar surface area (TPSA) is 410 Å². The maximum absolute atomic E-state index is 12.9. The number of carbonyl (C=O) groups is 6. The fourth-order valence-corrected chi connectivity index (χ4v) is 8.15. The molecule has 0 saturated heterocycles. The van der Waals surface area contributed by atoms with Crippen LogP contribution in [0.2, 0.25) is 0 Å². The molecule has 0 saturated carbocycles. The summed E-state index contributed by atoms with van der Waals surface area (Å²) in [4.78, 5) is 104. The standard InChI is InChI=1S/C57H57N25O6/c83-46(13-7-16-49(86)67-37-19-22-43(64-34-37)55-76-70-52(71-77-55)40-10-1-4-25-58-40)61-28-31-82(32-29-62-47(84)14-8-17-50(87)68-38-20-23-44(65-35-38)56-78-72-53(73-79-56)41-11-2-5-26-59-41)33-30-63-48(85)15-9-18-51(88)69-39-21-24-45(66-36-39)57-80-74-54(75-81-57)42-12-3-6-27-60-42/h1-6,10-12,19-27,34-36H,7-9,13-18,28-33H2,(H,61,83)(H,62,84)(H,63,85)(H,67,86)(H,68,87)(H,69,88). The molecule has 0 unspecified atom stereocenters. The maximum Gasteiger partial charge on any atom is 0.224 e. The lowest BCUT2D eigenvalue weighted by Crippen LogP contribution is -2.43. The number of aromatic nitrogens is 18. The minimum absolute atomic E-state index is 0.0769. The van der Waals surface area contributed by atoms with Crippen LogP contribution in [0.3, 0.4) is 0 Å². The Kier molecular flexibility index (Phi) is 22.2. The van der Waals surface area contributed by atoms with Gasteiger partial charge in [-0.15, -0.1) is 61.2 Å². The average Bonchev–Trinajstić information content (AvgIpc) is 3.20. The minimum Gasteiger partial charge on any atom is -0.355 e. The van der Waals surface area contributed by atoms with Gasteiger partial charge in [-0.25, -0.2) is 0 Å². The van der Waals surface area contributed by atoms with E-state index in [4.69, 9.17) is 0 Å². The second-order valence-corrected chi connectivity index (χ2v) is 19.2. The molecule has 0 aliphatic rings. The van der Waals surface area contributed by atoms with Gasteiger partial charge in [-0.2, -0.15) is 0 Å². The molecule has 88 heavy (non-hydrogen) atoms. The van der Waals surface area contributed by atoms with Crippen molar-refractivity contribution in [2.24, 2.45) is 0 Å². The van der Waals surface area contributed by atoms with Crippen LogP contribution < -0.4 is 31.9 Å². The lowest BCUT2D eigenvalue weighted by atomic mass is 10.2. The van der Waals surface area contributed by atoms with Crippen molar-refractivity contribution in [3.05, 3.63) is 128 Å².